The Bertz CT molecular complexity index is 542. The molecule has 0 atom stereocenters. The third-order valence-corrected chi connectivity index (χ3v) is 2.75. The average Bonchev–Trinajstić information content (AvgIpc) is 2.35. The minimum absolute atomic E-state index is 0.0416. The molecular weight excluding hydrogens is 242 g/mol. The van der Waals surface area contributed by atoms with Crippen molar-refractivity contribution < 1.29 is 9.63 Å². The van der Waals surface area contributed by atoms with Gasteiger partial charge >= 0.3 is 0 Å². The highest BCUT2D eigenvalue weighted by Crippen LogP contribution is 2.30. The average molecular weight is 259 g/mol. The van der Waals surface area contributed by atoms with Crippen LogP contribution >= 0.6 is 0 Å². The van der Waals surface area contributed by atoms with E-state index in [4.69, 9.17) is 4.84 Å². The third-order valence-electron chi connectivity index (χ3n) is 2.75. The summed E-state index contributed by atoms with van der Waals surface area (Å²) in [6.07, 6.45) is 5.17. The molecule has 100 valence electrons. The van der Waals surface area contributed by atoms with Crippen LogP contribution in [0.1, 0.15) is 26.3 Å². The van der Waals surface area contributed by atoms with Crippen LogP contribution in [-0.2, 0) is 9.63 Å². The molecule has 19 heavy (non-hydrogen) atoms. The number of amides is 1. The first-order valence-corrected chi connectivity index (χ1v) is 6.03. The Hall–Kier alpha value is -2.17. The molecule has 0 radical (unpaired) electrons. The fourth-order valence-corrected chi connectivity index (χ4v) is 1.93. The van der Waals surface area contributed by atoms with Gasteiger partial charge in [-0.25, -0.2) is 0 Å². The second kappa shape index (κ2) is 4.84. The predicted molar refractivity (Wildman–Crippen MR) is 73.3 cm³/mol. The molecule has 1 amide bonds. The molecule has 0 N–H and O–H groups in total. The number of β-lactam (4-membered cyclic amide) rings is 1. The molecule has 5 nitrogen and oxygen atoms in total. The maximum atomic E-state index is 12.2. The zero-order valence-corrected chi connectivity index (χ0v) is 11.5. The largest absolute Gasteiger partial charge is 0.397 e. The van der Waals surface area contributed by atoms with Gasteiger partial charge in [-0.05, 0) is 44.5 Å². The summed E-state index contributed by atoms with van der Waals surface area (Å²) in [7, 11) is 1.47. The van der Waals surface area contributed by atoms with E-state index in [0.717, 1.165) is 5.56 Å². The van der Waals surface area contributed by atoms with E-state index in [1.165, 1.54) is 7.11 Å². The molecule has 1 saturated heterocycles. The topological polar surface area (TPSA) is 54.8 Å². The highest BCUT2D eigenvalue weighted by atomic mass is 16.6. The molecule has 0 saturated carbocycles. The van der Waals surface area contributed by atoms with E-state index < -0.39 is 0 Å². The van der Waals surface area contributed by atoms with E-state index in [9.17, 15) is 4.79 Å². The smallest absolute Gasteiger partial charge is 0.263 e. The molecule has 0 bridgehead atoms. The Kier molecular flexibility index (Phi) is 3.38. The van der Waals surface area contributed by atoms with Crippen LogP contribution in [0.25, 0.3) is 6.08 Å². The van der Waals surface area contributed by atoms with Gasteiger partial charge in [0.15, 0.2) is 5.84 Å². The van der Waals surface area contributed by atoms with E-state index in [1.54, 1.807) is 23.4 Å². The first-order valence-electron chi connectivity index (χ1n) is 6.03. The first-order chi connectivity index (χ1) is 8.95. The van der Waals surface area contributed by atoms with Crippen molar-refractivity contribution in [2.75, 3.05) is 7.11 Å². The van der Waals surface area contributed by atoms with Crippen molar-refractivity contribution in [2.45, 2.75) is 26.3 Å². The zero-order valence-electron chi connectivity index (χ0n) is 11.5. The van der Waals surface area contributed by atoms with Crippen molar-refractivity contribution in [3.05, 3.63) is 35.7 Å². The van der Waals surface area contributed by atoms with Crippen molar-refractivity contribution in [3.63, 3.8) is 0 Å². The summed E-state index contributed by atoms with van der Waals surface area (Å²) in [5.41, 5.74) is 1.16. The van der Waals surface area contributed by atoms with Crippen LogP contribution in [-0.4, -0.2) is 34.3 Å². The standard InChI is InChI=1S/C14H17N3O2/c1-14(2,3)17-12(16-19-4)11(13(17)18)9-10-5-7-15-8-6-10/h5-9H,1-4H3/b11-9-,16-12+. The molecule has 5 heteroatoms. The molecule has 0 unspecified atom stereocenters. The number of carbonyl (C=O) groups excluding carboxylic acids is 1. The lowest BCUT2D eigenvalue weighted by molar-refractivity contribution is -0.129. The van der Waals surface area contributed by atoms with Crippen molar-refractivity contribution >= 4 is 17.8 Å². The number of amidine groups is 1. The SMILES string of the molecule is CO/N=C1\C(=C\c2ccncc2)C(=O)N1C(C)(C)C. The third kappa shape index (κ3) is 2.50. The van der Waals surface area contributed by atoms with Crippen molar-refractivity contribution in [1.82, 2.24) is 9.88 Å². The van der Waals surface area contributed by atoms with Crippen molar-refractivity contribution in [1.29, 1.82) is 0 Å². The van der Waals surface area contributed by atoms with Gasteiger partial charge in [0.2, 0.25) is 0 Å². The molecule has 1 aromatic heterocycles. The van der Waals surface area contributed by atoms with Gasteiger partial charge in [0, 0.05) is 17.9 Å². The lowest BCUT2D eigenvalue weighted by Crippen LogP contribution is -2.60. The van der Waals surface area contributed by atoms with Gasteiger partial charge in [0.05, 0.1) is 5.57 Å². The number of pyridine rings is 1. The summed E-state index contributed by atoms with van der Waals surface area (Å²) < 4.78 is 0. The second-order valence-electron chi connectivity index (χ2n) is 5.25. The van der Waals surface area contributed by atoms with Crippen LogP contribution in [0.5, 0.6) is 0 Å². The lowest BCUT2D eigenvalue weighted by Gasteiger charge is -2.43. The number of carbonyl (C=O) groups is 1. The molecule has 1 aromatic rings. The van der Waals surface area contributed by atoms with Crippen molar-refractivity contribution in [2.24, 2.45) is 5.16 Å². The molecule has 2 rings (SSSR count). The summed E-state index contributed by atoms with van der Waals surface area (Å²) in [6.45, 7) is 5.87. The van der Waals surface area contributed by atoms with Gasteiger partial charge < -0.3 is 4.84 Å². The molecule has 1 aliphatic heterocycles. The first kappa shape index (κ1) is 13.3. The molecule has 1 aliphatic rings. The predicted octanol–water partition coefficient (Wildman–Crippen LogP) is 2.07. The Morgan fingerprint density at radius 3 is 2.47 bits per heavy atom. The van der Waals surface area contributed by atoms with Gasteiger partial charge in [0.1, 0.15) is 7.11 Å². The summed E-state index contributed by atoms with van der Waals surface area (Å²) in [5.74, 6) is 0.525. The summed E-state index contributed by atoms with van der Waals surface area (Å²) in [4.78, 5) is 22.6. The quantitative estimate of drug-likeness (QED) is 0.464. The maximum Gasteiger partial charge on any atom is 0.263 e. The van der Waals surface area contributed by atoms with E-state index in [2.05, 4.69) is 10.1 Å². The number of likely N-dealkylation sites (tertiary alicyclic amines) is 1. The summed E-state index contributed by atoms with van der Waals surface area (Å²) in [5, 5.41) is 3.94. The minimum atomic E-state index is -0.315. The molecule has 0 aliphatic carbocycles. The van der Waals surface area contributed by atoms with Crippen molar-refractivity contribution in [3.8, 4) is 0 Å². The maximum absolute atomic E-state index is 12.2. The van der Waals surface area contributed by atoms with Gasteiger partial charge in [-0.2, -0.15) is 0 Å². The number of nitrogens with zero attached hydrogens (tertiary/aromatic N) is 3. The fraction of sp³-hybridized carbons (Fsp3) is 0.357. The van der Waals surface area contributed by atoms with Gasteiger partial charge in [-0.3, -0.25) is 14.7 Å². The molecule has 0 aromatic carbocycles. The Morgan fingerprint density at radius 2 is 1.95 bits per heavy atom. The van der Waals surface area contributed by atoms with E-state index in [-0.39, 0.29) is 11.4 Å². The van der Waals surface area contributed by atoms with Crippen LogP contribution in [0.15, 0.2) is 35.3 Å². The molecular formula is C14H17N3O2. The van der Waals surface area contributed by atoms with E-state index in [1.807, 2.05) is 32.9 Å². The van der Waals surface area contributed by atoms with Gasteiger partial charge in [0.25, 0.3) is 5.91 Å². The molecule has 1 fully saturated rings. The van der Waals surface area contributed by atoms with Crippen LogP contribution in [0.3, 0.4) is 0 Å². The summed E-state index contributed by atoms with van der Waals surface area (Å²) in [6, 6.07) is 3.68. The fourth-order valence-electron chi connectivity index (χ4n) is 1.93. The van der Waals surface area contributed by atoms with Gasteiger partial charge in [-0.1, -0.05) is 5.16 Å². The van der Waals surface area contributed by atoms with Crippen LogP contribution < -0.4 is 0 Å². The van der Waals surface area contributed by atoms with E-state index in [0.29, 0.717) is 11.4 Å². The van der Waals surface area contributed by atoms with Gasteiger partial charge in [-0.15, -0.1) is 0 Å². The normalized spacial score (nSPS) is 19.8. The highest BCUT2D eigenvalue weighted by Gasteiger charge is 2.45. The lowest BCUT2D eigenvalue weighted by atomic mass is 9.93. The Morgan fingerprint density at radius 1 is 1.32 bits per heavy atom. The summed E-state index contributed by atoms with van der Waals surface area (Å²) >= 11 is 0. The monoisotopic (exact) mass is 259 g/mol. The Balaban J connectivity index is 2.36. The number of hydrogen-bond donors (Lipinski definition) is 0. The van der Waals surface area contributed by atoms with Crippen LogP contribution in [0.2, 0.25) is 0 Å². The number of aromatic nitrogens is 1. The van der Waals surface area contributed by atoms with Crippen LogP contribution in [0, 0.1) is 0 Å². The number of rotatable bonds is 2. The minimum Gasteiger partial charge on any atom is -0.397 e. The highest BCUT2D eigenvalue weighted by molar-refractivity contribution is 6.38. The van der Waals surface area contributed by atoms with Crippen LogP contribution in [0.4, 0.5) is 0 Å². The zero-order chi connectivity index (χ0) is 14.0. The molecule has 2 heterocycles. The molecule has 0 spiro atoms. The number of hydrogen-bond acceptors (Lipinski definition) is 4. The second-order valence-corrected chi connectivity index (χ2v) is 5.25. The Labute approximate surface area is 112 Å². The van der Waals surface area contributed by atoms with E-state index >= 15 is 0 Å². The number of oxime groups is 1.